The fraction of sp³-hybridized carbons (Fsp3) is 0.179. The highest BCUT2D eigenvalue weighted by Crippen LogP contribution is 2.30. The maximum atomic E-state index is 6.61. The summed E-state index contributed by atoms with van der Waals surface area (Å²) in [5.41, 5.74) is 2.90. The van der Waals surface area contributed by atoms with Crippen LogP contribution in [0.25, 0.3) is 16.3 Å². The summed E-state index contributed by atoms with van der Waals surface area (Å²) in [6, 6.07) is 18.5. The van der Waals surface area contributed by atoms with Crippen LogP contribution >= 0.6 is 48.0 Å². The first kappa shape index (κ1) is 28.9. The Kier molecular flexibility index (Phi) is 12.9. The van der Waals surface area contributed by atoms with Crippen molar-refractivity contribution >= 4 is 70.0 Å². The smallest absolute Gasteiger partial charge is 0.0791 e. The average molecular weight is 545 g/mol. The molecule has 1 N–H and O–H groups in total. The van der Waals surface area contributed by atoms with Gasteiger partial charge in [0.2, 0.25) is 0 Å². The Hall–Kier alpha value is -2.31. The first-order valence-electron chi connectivity index (χ1n) is 11.2. The molecular weight excluding hydrogens is 513 g/mol. The topological polar surface area (TPSA) is 28.2 Å². The maximum absolute atomic E-state index is 6.61. The summed E-state index contributed by atoms with van der Waals surface area (Å²) in [6.45, 7) is 10.1. The van der Waals surface area contributed by atoms with Gasteiger partial charge in [-0.05, 0) is 80.1 Å². The van der Waals surface area contributed by atoms with E-state index in [1.165, 1.54) is 11.9 Å². The molecule has 3 aromatic rings. The minimum atomic E-state index is 0.639. The molecule has 7 heteroatoms. The number of halogens is 2. The number of rotatable bonds is 9. The lowest BCUT2D eigenvalue weighted by atomic mass is 10.0. The number of nitrogens with one attached hydrogen (secondary N) is 1. The van der Waals surface area contributed by atoms with Gasteiger partial charge in [-0.25, -0.2) is 0 Å². The molecule has 0 spiro atoms. The van der Waals surface area contributed by atoms with E-state index < -0.39 is 0 Å². The number of anilines is 1. The molecule has 0 aliphatic carbocycles. The number of thiol groups is 1. The summed E-state index contributed by atoms with van der Waals surface area (Å²) in [5.74, 6) is 0. The van der Waals surface area contributed by atoms with Gasteiger partial charge in [-0.3, -0.25) is 4.98 Å². The second-order valence-corrected chi connectivity index (χ2v) is 9.92. The molecule has 0 unspecified atom stereocenters. The molecule has 0 aliphatic rings. The number of allylic oxidation sites excluding steroid dienone is 6. The molecule has 2 aromatic carbocycles. The molecule has 35 heavy (non-hydrogen) atoms. The number of fused-ring (bicyclic) bond motifs is 1. The molecule has 0 saturated heterocycles. The standard InChI is InChI=1S/C25H26ClN3S2.C3H5Cl/c1-3-18-29(30)20-11-13-21(14-12-20)31-28-16-7-10-24(26)22(4-2)25-23-9-6-5-8-19(23)15-17-27-25;1-3(2)4/h4-17,28,30H,3,18H2,1-2H3;1H2,2H3/b16-7+,22-4+,24-10+;. The molecule has 3 rings (SSSR count). The summed E-state index contributed by atoms with van der Waals surface area (Å²) in [7, 11) is 0. The Labute approximate surface area is 229 Å². The van der Waals surface area contributed by atoms with Gasteiger partial charge in [-0.15, -0.1) is 0 Å². The lowest BCUT2D eigenvalue weighted by Crippen LogP contribution is -2.10. The van der Waals surface area contributed by atoms with E-state index in [0.29, 0.717) is 10.1 Å². The van der Waals surface area contributed by atoms with E-state index in [-0.39, 0.29) is 0 Å². The third kappa shape index (κ3) is 9.69. The maximum Gasteiger partial charge on any atom is 0.0791 e. The number of benzene rings is 2. The number of pyridine rings is 1. The SMILES string of the molecule is C=C(C)Cl.C\C=C(/C(Cl)=C\C=C\NSc1ccc(N(S)CCC)cc1)c1nccc2ccccc12. The van der Waals surface area contributed by atoms with Crippen molar-refractivity contribution in [2.45, 2.75) is 32.1 Å². The van der Waals surface area contributed by atoms with Crippen molar-refractivity contribution in [3.8, 4) is 0 Å². The van der Waals surface area contributed by atoms with E-state index >= 15 is 0 Å². The summed E-state index contributed by atoms with van der Waals surface area (Å²) >= 11 is 17.7. The highest BCUT2D eigenvalue weighted by molar-refractivity contribution is 7.97. The third-order valence-corrected chi connectivity index (χ3v) is 6.15. The van der Waals surface area contributed by atoms with Crippen molar-refractivity contribution < 1.29 is 0 Å². The van der Waals surface area contributed by atoms with Gasteiger partial charge in [0.15, 0.2) is 0 Å². The summed E-state index contributed by atoms with van der Waals surface area (Å²) < 4.78 is 5.18. The Morgan fingerprint density at radius 1 is 1.14 bits per heavy atom. The zero-order valence-corrected chi connectivity index (χ0v) is 23.4. The van der Waals surface area contributed by atoms with E-state index in [1.54, 1.807) is 6.92 Å². The van der Waals surface area contributed by atoms with Crippen molar-refractivity contribution in [3.63, 3.8) is 0 Å². The Balaban J connectivity index is 0.00000100. The molecule has 0 radical (unpaired) electrons. The molecule has 0 amide bonds. The minimum Gasteiger partial charge on any atom is -0.332 e. The predicted octanol–water partition coefficient (Wildman–Crippen LogP) is 9.39. The highest BCUT2D eigenvalue weighted by Gasteiger charge is 2.10. The number of nitrogens with zero attached hydrogens (tertiary/aromatic N) is 2. The monoisotopic (exact) mass is 543 g/mol. The quantitative estimate of drug-likeness (QED) is 0.159. The van der Waals surface area contributed by atoms with Crippen LogP contribution in [-0.4, -0.2) is 11.5 Å². The van der Waals surface area contributed by atoms with E-state index in [1.807, 2.05) is 60.1 Å². The molecule has 1 aromatic heterocycles. The number of aromatic nitrogens is 1. The van der Waals surface area contributed by atoms with Gasteiger partial charge < -0.3 is 9.03 Å². The van der Waals surface area contributed by atoms with Crippen LogP contribution in [0.15, 0.2) is 107 Å². The molecular formula is C28H31Cl2N3S2. The van der Waals surface area contributed by atoms with Crippen molar-refractivity contribution in [3.05, 3.63) is 108 Å². The largest absolute Gasteiger partial charge is 0.332 e. The van der Waals surface area contributed by atoms with E-state index in [0.717, 1.165) is 45.6 Å². The van der Waals surface area contributed by atoms with E-state index in [2.05, 4.69) is 72.4 Å². The Bertz CT molecular complexity index is 1180. The first-order valence-corrected chi connectivity index (χ1v) is 13.2. The summed E-state index contributed by atoms with van der Waals surface area (Å²) in [4.78, 5) is 5.69. The molecule has 3 nitrogen and oxygen atoms in total. The predicted molar refractivity (Wildman–Crippen MR) is 161 cm³/mol. The second kappa shape index (κ2) is 15.6. The second-order valence-electron chi connectivity index (χ2n) is 7.47. The number of hydrogen-bond donors (Lipinski definition) is 2. The van der Waals surface area contributed by atoms with Crippen molar-refractivity contribution in [1.29, 1.82) is 0 Å². The molecule has 184 valence electrons. The lowest BCUT2D eigenvalue weighted by Gasteiger charge is -2.16. The van der Waals surface area contributed by atoms with Gasteiger partial charge in [0.05, 0.1) is 5.69 Å². The molecule has 0 fully saturated rings. The van der Waals surface area contributed by atoms with Gasteiger partial charge in [0.1, 0.15) is 0 Å². The van der Waals surface area contributed by atoms with E-state index in [4.69, 9.17) is 23.2 Å². The first-order chi connectivity index (χ1) is 16.9. The number of hydrogen-bond acceptors (Lipinski definition) is 5. The zero-order chi connectivity index (χ0) is 25.6. The van der Waals surface area contributed by atoms with Crippen LogP contribution in [0.3, 0.4) is 0 Å². The summed E-state index contributed by atoms with van der Waals surface area (Å²) in [6.07, 6.45) is 10.5. The van der Waals surface area contributed by atoms with Gasteiger partial charge in [-0.2, -0.15) is 0 Å². The van der Waals surface area contributed by atoms with E-state index in [9.17, 15) is 0 Å². The average Bonchev–Trinajstić information content (AvgIpc) is 2.84. The lowest BCUT2D eigenvalue weighted by molar-refractivity contribution is 0.933. The van der Waals surface area contributed by atoms with Crippen LogP contribution < -0.4 is 9.03 Å². The molecule has 0 aliphatic heterocycles. The van der Waals surface area contributed by atoms with Crippen molar-refractivity contribution in [2.24, 2.45) is 0 Å². The highest BCUT2D eigenvalue weighted by atomic mass is 35.5. The van der Waals surface area contributed by atoms with Crippen LogP contribution in [0.4, 0.5) is 5.69 Å². The molecule has 0 saturated carbocycles. The molecule has 0 atom stereocenters. The van der Waals surface area contributed by atoms with Gasteiger partial charge >= 0.3 is 0 Å². The van der Waals surface area contributed by atoms with Crippen molar-refractivity contribution in [2.75, 3.05) is 10.8 Å². The van der Waals surface area contributed by atoms with Crippen LogP contribution in [-0.2, 0) is 0 Å². The van der Waals surface area contributed by atoms with Crippen molar-refractivity contribution in [1.82, 2.24) is 9.71 Å². The zero-order valence-electron chi connectivity index (χ0n) is 20.2. The fourth-order valence-electron chi connectivity index (χ4n) is 3.11. The fourth-order valence-corrected chi connectivity index (χ4v) is 4.27. The Morgan fingerprint density at radius 3 is 2.49 bits per heavy atom. The Morgan fingerprint density at radius 2 is 1.83 bits per heavy atom. The van der Waals surface area contributed by atoms with Crippen LogP contribution in [0.1, 0.15) is 32.9 Å². The van der Waals surface area contributed by atoms with Gasteiger partial charge in [-0.1, -0.05) is 79.9 Å². The minimum absolute atomic E-state index is 0.639. The molecule has 1 heterocycles. The normalized spacial score (nSPS) is 11.8. The molecule has 0 bridgehead atoms. The summed E-state index contributed by atoms with van der Waals surface area (Å²) in [5, 5.41) is 3.51. The van der Waals surface area contributed by atoms with Gasteiger partial charge in [0, 0.05) is 50.5 Å². The van der Waals surface area contributed by atoms with Crippen LogP contribution in [0, 0.1) is 0 Å². The third-order valence-electron chi connectivity index (χ3n) is 4.63. The van der Waals surface area contributed by atoms with Crippen LogP contribution in [0.5, 0.6) is 0 Å². The van der Waals surface area contributed by atoms with Crippen LogP contribution in [0.2, 0.25) is 0 Å². The van der Waals surface area contributed by atoms with Gasteiger partial charge in [0.25, 0.3) is 0 Å².